The van der Waals surface area contributed by atoms with E-state index >= 15 is 0 Å². The standard InChI is InChI=1S/C15H15BrN2O/c1-3-11-7-9-12(10-8-11)18(2)15(19)13-5-4-6-14(16)17-13/h4-10H,3H2,1-2H3. The summed E-state index contributed by atoms with van der Waals surface area (Å²) in [5.74, 6) is -0.120. The van der Waals surface area contributed by atoms with E-state index in [1.807, 2.05) is 24.3 Å². The van der Waals surface area contributed by atoms with Crippen molar-refractivity contribution in [3.8, 4) is 0 Å². The Morgan fingerprint density at radius 2 is 1.89 bits per heavy atom. The van der Waals surface area contributed by atoms with Crippen molar-refractivity contribution >= 4 is 27.5 Å². The summed E-state index contributed by atoms with van der Waals surface area (Å²) < 4.78 is 0.660. The minimum Gasteiger partial charge on any atom is -0.310 e. The van der Waals surface area contributed by atoms with Crippen LogP contribution in [-0.4, -0.2) is 17.9 Å². The minimum atomic E-state index is -0.120. The van der Waals surface area contributed by atoms with Crippen LogP contribution in [0.3, 0.4) is 0 Å². The average molecular weight is 319 g/mol. The normalized spacial score (nSPS) is 10.3. The van der Waals surface area contributed by atoms with Crippen LogP contribution in [0.4, 0.5) is 5.69 Å². The van der Waals surface area contributed by atoms with Gasteiger partial charge in [-0.2, -0.15) is 0 Å². The third-order valence-electron chi connectivity index (χ3n) is 2.97. The number of anilines is 1. The van der Waals surface area contributed by atoms with Gasteiger partial charge in [0.15, 0.2) is 0 Å². The smallest absolute Gasteiger partial charge is 0.276 e. The highest BCUT2D eigenvalue weighted by Crippen LogP contribution is 2.17. The molecule has 0 aliphatic rings. The van der Waals surface area contributed by atoms with Crippen molar-refractivity contribution in [3.05, 3.63) is 58.3 Å². The average Bonchev–Trinajstić information content (AvgIpc) is 2.46. The van der Waals surface area contributed by atoms with Crippen molar-refractivity contribution in [2.75, 3.05) is 11.9 Å². The number of aryl methyl sites for hydroxylation is 1. The van der Waals surface area contributed by atoms with E-state index in [2.05, 4.69) is 27.8 Å². The second kappa shape index (κ2) is 5.97. The molecule has 0 atom stereocenters. The summed E-state index contributed by atoms with van der Waals surface area (Å²) in [6.07, 6.45) is 0.991. The maximum Gasteiger partial charge on any atom is 0.276 e. The van der Waals surface area contributed by atoms with Gasteiger partial charge in [0.2, 0.25) is 0 Å². The molecule has 2 aromatic rings. The molecule has 3 nitrogen and oxygen atoms in total. The van der Waals surface area contributed by atoms with Crippen LogP contribution in [0.1, 0.15) is 23.0 Å². The van der Waals surface area contributed by atoms with E-state index in [-0.39, 0.29) is 5.91 Å². The zero-order valence-corrected chi connectivity index (χ0v) is 12.5. The minimum absolute atomic E-state index is 0.120. The molecule has 0 fully saturated rings. The molecular formula is C15H15BrN2O. The molecule has 0 radical (unpaired) electrons. The molecule has 0 spiro atoms. The van der Waals surface area contributed by atoms with E-state index in [1.165, 1.54) is 5.56 Å². The number of amides is 1. The monoisotopic (exact) mass is 318 g/mol. The molecule has 1 aromatic carbocycles. The number of pyridine rings is 1. The number of halogens is 1. The van der Waals surface area contributed by atoms with Crippen molar-refractivity contribution in [1.29, 1.82) is 0 Å². The summed E-state index contributed by atoms with van der Waals surface area (Å²) in [5.41, 5.74) is 2.55. The number of benzene rings is 1. The summed E-state index contributed by atoms with van der Waals surface area (Å²) in [6, 6.07) is 13.3. The summed E-state index contributed by atoms with van der Waals surface area (Å²) >= 11 is 3.27. The Bertz CT molecular complexity index is 581. The third-order valence-corrected chi connectivity index (χ3v) is 3.41. The molecule has 0 aliphatic heterocycles. The largest absolute Gasteiger partial charge is 0.310 e. The highest BCUT2D eigenvalue weighted by atomic mass is 79.9. The summed E-state index contributed by atoms with van der Waals surface area (Å²) in [6.45, 7) is 2.11. The van der Waals surface area contributed by atoms with Gasteiger partial charge < -0.3 is 4.90 Å². The van der Waals surface area contributed by atoms with Gasteiger partial charge in [0.25, 0.3) is 5.91 Å². The van der Waals surface area contributed by atoms with Crippen molar-refractivity contribution < 1.29 is 4.79 Å². The Kier molecular flexibility index (Phi) is 4.32. The van der Waals surface area contributed by atoms with Crippen molar-refractivity contribution in [1.82, 2.24) is 4.98 Å². The van der Waals surface area contributed by atoms with Crippen LogP contribution in [0.15, 0.2) is 47.1 Å². The second-order valence-electron chi connectivity index (χ2n) is 4.23. The molecule has 1 amide bonds. The lowest BCUT2D eigenvalue weighted by Crippen LogP contribution is -2.27. The third kappa shape index (κ3) is 3.20. The van der Waals surface area contributed by atoms with Crippen LogP contribution < -0.4 is 4.90 Å². The highest BCUT2D eigenvalue weighted by molar-refractivity contribution is 9.10. The van der Waals surface area contributed by atoms with Gasteiger partial charge in [0.05, 0.1) is 0 Å². The fourth-order valence-electron chi connectivity index (χ4n) is 1.77. The lowest BCUT2D eigenvalue weighted by molar-refractivity contribution is 0.0988. The van der Waals surface area contributed by atoms with Gasteiger partial charge in [0, 0.05) is 12.7 Å². The number of carbonyl (C=O) groups excluding carboxylic acids is 1. The number of aromatic nitrogens is 1. The Balaban J connectivity index is 2.23. The SMILES string of the molecule is CCc1ccc(N(C)C(=O)c2cccc(Br)n2)cc1. The van der Waals surface area contributed by atoms with Crippen molar-refractivity contribution in [2.45, 2.75) is 13.3 Å². The van der Waals surface area contributed by atoms with E-state index in [0.717, 1.165) is 12.1 Å². The van der Waals surface area contributed by atoms with Gasteiger partial charge in [-0.15, -0.1) is 0 Å². The van der Waals surface area contributed by atoms with Gasteiger partial charge in [-0.3, -0.25) is 4.79 Å². The molecule has 19 heavy (non-hydrogen) atoms. The van der Waals surface area contributed by atoms with Gasteiger partial charge in [0.1, 0.15) is 10.3 Å². The molecule has 98 valence electrons. The number of hydrogen-bond acceptors (Lipinski definition) is 2. The zero-order chi connectivity index (χ0) is 13.8. The summed E-state index contributed by atoms with van der Waals surface area (Å²) in [5, 5.41) is 0. The first-order valence-electron chi connectivity index (χ1n) is 6.11. The first kappa shape index (κ1) is 13.7. The van der Waals surface area contributed by atoms with E-state index in [1.54, 1.807) is 30.1 Å². The van der Waals surface area contributed by atoms with E-state index in [9.17, 15) is 4.79 Å². The van der Waals surface area contributed by atoms with Crippen LogP contribution in [0, 0.1) is 0 Å². The number of carbonyl (C=O) groups is 1. The predicted octanol–water partition coefficient (Wildman–Crippen LogP) is 3.68. The van der Waals surface area contributed by atoms with Crippen molar-refractivity contribution in [2.24, 2.45) is 0 Å². The lowest BCUT2D eigenvalue weighted by atomic mass is 10.1. The Morgan fingerprint density at radius 1 is 1.21 bits per heavy atom. The summed E-state index contributed by atoms with van der Waals surface area (Å²) in [4.78, 5) is 18.1. The molecule has 1 heterocycles. The number of rotatable bonds is 3. The van der Waals surface area contributed by atoms with Crippen molar-refractivity contribution in [3.63, 3.8) is 0 Å². The molecular weight excluding hydrogens is 304 g/mol. The van der Waals surface area contributed by atoms with E-state index < -0.39 is 0 Å². The van der Waals surface area contributed by atoms with Crippen LogP contribution >= 0.6 is 15.9 Å². The zero-order valence-electron chi connectivity index (χ0n) is 10.9. The molecule has 0 N–H and O–H groups in total. The summed E-state index contributed by atoms with van der Waals surface area (Å²) in [7, 11) is 1.76. The van der Waals surface area contributed by atoms with Gasteiger partial charge in [-0.05, 0) is 52.2 Å². The van der Waals surface area contributed by atoms with Crippen LogP contribution in [0.2, 0.25) is 0 Å². The molecule has 0 unspecified atom stereocenters. The molecule has 1 aromatic heterocycles. The first-order chi connectivity index (χ1) is 9.11. The quantitative estimate of drug-likeness (QED) is 0.809. The first-order valence-corrected chi connectivity index (χ1v) is 6.90. The topological polar surface area (TPSA) is 33.2 Å². The second-order valence-corrected chi connectivity index (χ2v) is 5.04. The molecule has 0 saturated heterocycles. The van der Waals surface area contributed by atoms with Gasteiger partial charge >= 0.3 is 0 Å². The van der Waals surface area contributed by atoms with Crippen LogP contribution in [0.5, 0.6) is 0 Å². The maximum absolute atomic E-state index is 12.3. The molecule has 0 saturated carbocycles. The number of nitrogens with zero attached hydrogens (tertiary/aromatic N) is 2. The molecule has 0 aliphatic carbocycles. The van der Waals surface area contributed by atoms with Crippen LogP contribution in [-0.2, 0) is 6.42 Å². The predicted molar refractivity (Wildman–Crippen MR) is 80.5 cm³/mol. The van der Waals surface area contributed by atoms with E-state index in [4.69, 9.17) is 0 Å². The highest BCUT2D eigenvalue weighted by Gasteiger charge is 2.14. The Hall–Kier alpha value is -1.68. The fourth-order valence-corrected chi connectivity index (χ4v) is 2.12. The Labute approximate surface area is 121 Å². The fraction of sp³-hybridized carbons (Fsp3) is 0.200. The van der Waals surface area contributed by atoms with Crippen LogP contribution in [0.25, 0.3) is 0 Å². The molecule has 2 rings (SSSR count). The van der Waals surface area contributed by atoms with Gasteiger partial charge in [-0.1, -0.05) is 25.1 Å². The molecule has 4 heteroatoms. The maximum atomic E-state index is 12.3. The molecule has 0 bridgehead atoms. The Morgan fingerprint density at radius 3 is 2.47 bits per heavy atom. The number of hydrogen-bond donors (Lipinski definition) is 0. The van der Waals surface area contributed by atoms with Gasteiger partial charge in [-0.25, -0.2) is 4.98 Å². The lowest BCUT2D eigenvalue weighted by Gasteiger charge is -2.17. The van der Waals surface area contributed by atoms with E-state index in [0.29, 0.717) is 10.3 Å².